The Kier molecular flexibility index (Phi) is 3.46. The average molecular weight is 305 g/mol. The van der Waals surface area contributed by atoms with Gasteiger partial charge in [-0.25, -0.2) is 4.99 Å². The highest BCUT2D eigenvalue weighted by Crippen LogP contribution is 2.28. The van der Waals surface area contributed by atoms with Crippen LogP contribution in [0.1, 0.15) is 17.3 Å². The van der Waals surface area contributed by atoms with E-state index in [0.29, 0.717) is 0 Å². The summed E-state index contributed by atoms with van der Waals surface area (Å²) in [7, 11) is 0. The molecule has 0 bridgehead atoms. The van der Waals surface area contributed by atoms with Crippen molar-refractivity contribution in [2.45, 2.75) is 19.5 Å². The maximum Gasteiger partial charge on any atom is 0.115 e. The third kappa shape index (κ3) is 2.65. The van der Waals surface area contributed by atoms with Crippen LogP contribution >= 0.6 is 0 Å². The molecule has 2 atom stereocenters. The Hall–Kier alpha value is -2.82. The van der Waals surface area contributed by atoms with Crippen LogP contribution in [0.15, 0.2) is 66.1 Å². The summed E-state index contributed by atoms with van der Waals surface area (Å²) in [6.45, 7) is 2.83. The van der Waals surface area contributed by atoms with Gasteiger partial charge in [0.2, 0.25) is 0 Å². The van der Waals surface area contributed by atoms with Crippen LogP contribution in [0.5, 0.6) is 0 Å². The third-order valence-corrected chi connectivity index (χ3v) is 4.30. The minimum atomic E-state index is 0.179. The van der Waals surface area contributed by atoms with E-state index in [1.54, 1.807) is 0 Å². The molecular weight excluding hydrogens is 286 g/mol. The number of nitrogens with zero attached hydrogens (tertiary/aromatic N) is 3. The maximum absolute atomic E-state index is 4.72. The summed E-state index contributed by atoms with van der Waals surface area (Å²) in [5, 5.41) is 11.3. The zero-order valence-electron chi connectivity index (χ0n) is 13.0. The van der Waals surface area contributed by atoms with E-state index in [4.69, 9.17) is 5.10 Å². The fraction of sp³-hybridized carbons (Fsp3) is 0.222. The number of hydrogen-bond acceptors (Lipinski definition) is 4. The SMILES string of the molecule is Cc1nn(C2C=CN=C3NC=CC32)cc1CNc1ccccc1. The molecule has 0 radical (unpaired) electrons. The van der Waals surface area contributed by atoms with Crippen LogP contribution in [0.2, 0.25) is 0 Å². The molecule has 0 spiro atoms. The lowest BCUT2D eigenvalue weighted by molar-refractivity contribution is 0.487. The lowest BCUT2D eigenvalue weighted by Gasteiger charge is -2.22. The van der Waals surface area contributed by atoms with Crippen LogP contribution in [0, 0.1) is 12.8 Å². The Labute approximate surface area is 135 Å². The smallest absolute Gasteiger partial charge is 0.115 e. The first kappa shape index (κ1) is 13.8. The molecule has 0 saturated carbocycles. The van der Waals surface area contributed by atoms with Crippen LogP contribution in [-0.2, 0) is 6.54 Å². The van der Waals surface area contributed by atoms with E-state index in [2.05, 4.69) is 53.0 Å². The van der Waals surface area contributed by atoms with Gasteiger partial charge in [0.25, 0.3) is 0 Å². The Morgan fingerprint density at radius 1 is 1.22 bits per heavy atom. The van der Waals surface area contributed by atoms with E-state index in [9.17, 15) is 0 Å². The predicted octanol–water partition coefficient (Wildman–Crippen LogP) is 3.00. The molecule has 4 rings (SSSR count). The second-order valence-corrected chi connectivity index (χ2v) is 5.82. The number of amidine groups is 1. The van der Waals surface area contributed by atoms with Gasteiger partial charge in [-0.15, -0.1) is 0 Å². The molecule has 116 valence electrons. The number of hydrogen-bond donors (Lipinski definition) is 2. The van der Waals surface area contributed by atoms with Crippen molar-refractivity contribution in [2.75, 3.05) is 5.32 Å². The molecular formula is C18H19N5. The molecule has 2 aliphatic heterocycles. The number of aromatic nitrogens is 2. The molecule has 0 saturated heterocycles. The van der Waals surface area contributed by atoms with E-state index in [1.165, 1.54) is 5.56 Å². The molecule has 0 fully saturated rings. The summed E-state index contributed by atoms with van der Waals surface area (Å²) < 4.78 is 2.05. The Morgan fingerprint density at radius 2 is 2.09 bits per heavy atom. The Bertz CT molecular complexity index is 785. The first-order valence-corrected chi connectivity index (χ1v) is 7.82. The summed E-state index contributed by atoms with van der Waals surface area (Å²) in [5.41, 5.74) is 3.39. The number of anilines is 1. The van der Waals surface area contributed by atoms with Crippen molar-refractivity contribution in [1.82, 2.24) is 15.1 Å². The summed E-state index contributed by atoms with van der Waals surface area (Å²) in [4.78, 5) is 4.38. The number of allylic oxidation sites excluding steroid dienone is 1. The van der Waals surface area contributed by atoms with Crippen molar-refractivity contribution >= 4 is 11.5 Å². The van der Waals surface area contributed by atoms with Crippen molar-refractivity contribution < 1.29 is 0 Å². The fourth-order valence-electron chi connectivity index (χ4n) is 3.01. The minimum absolute atomic E-state index is 0.179. The van der Waals surface area contributed by atoms with Crippen molar-refractivity contribution in [3.8, 4) is 0 Å². The molecule has 1 aromatic carbocycles. The fourth-order valence-corrected chi connectivity index (χ4v) is 3.01. The highest BCUT2D eigenvalue weighted by atomic mass is 15.3. The van der Waals surface area contributed by atoms with Crippen molar-refractivity contribution in [1.29, 1.82) is 0 Å². The molecule has 1 aromatic heterocycles. The summed E-state index contributed by atoms with van der Waals surface area (Å²) >= 11 is 0. The van der Waals surface area contributed by atoms with Crippen LogP contribution in [0.3, 0.4) is 0 Å². The number of rotatable bonds is 4. The van der Waals surface area contributed by atoms with Crippen molar-refractivity contribution in [2.24, 2.45) is 10.9 Å². The van der Waals surface area contributed by atoms with Gasteiger partial charge in [-0.3, -0.25) is 4.68 Å². The topological polar surface area (TPSA) is 54.2 Å². The van der Waals surface area contributed by atoms with Crippen molar-refractivity contribution in [3.05, 3.63) is 72.3 Å². The van der Waals surface area contributed by atoms with E-state index >= 15 is 0 Å². The monoisotopic (exact) mass is 305 g/mol. The minimum Gasteiger partial charge on any atom is -0.381 e. The molecule has 2 aliphatic rings. The molecule has 0 amide bonds. The number of aryl methyl sites for hydroxylation is 1. The standard InChI is InChI=1S/C18H19N5/c1-13-14(11-21-15-5-3-2-4-6-15)12-23(22-13)17-8-10-20-18-16(17)7-9-19-18/h2-10,12,16-17,21H,11H2,1H3,(H,19,20). The van der Waals surface area contributed by atoms with Gasteiger partial charge < -0.3 is 10.6 Å². The zero-order chi connectivity index (χ0) is 15.6. The second-order valence-electron chi connectivity index (χ2n) is 5.82. The van der Waals surface area contributed by atoms with Gasteiger partial charge in [0, 0.05) is 30.2 Å². The van der Waals surface area contributed by atoms with Crippen LogP contribution in [0.4, 0.5) is 5.69 Å². The molecule has 3 heterocycles. The summed E-state index contributed by atoms with van der Waals surface area (Å²) in [6.07, 6.45) is 10.2. The molecule has 2 N–H and O–H groups in total. The second kappa shape index (κ2) is 5.76. The van der Waals surface area contributed by atoms with E-state index in [0.717, 1.165) is 23.8 Å². The summed E-state index contributed by atoms with van der Waals surface area (Å²) in [5.74, 6) is 1.24. The highest BCUT2D eigenvalue weighted by molar-refractivity contribution is 5.91. The van der Waals surface area contributed by atoms with Gasteiger partial charge >= 0.3 is 0 Å². The molecule has 2 unspecified atom stereocenters. The van der Waals surface area contributed by atoms with Gasteiger partial charge in [0.1, 0.15) is 5.84 Å². The quantitative estimate of drug-likeness (QED) is 0.913. The third-order valence-electron chi connectivity index (χ3n) is 4.30. The van der Waals surface area contributed by atoms with Gasteiger partial charge in [0.15, 0.2) is 0 Å². The number of fused-ring (bicyclic) bond motifs is 1. The molecule has 23 heavy (non-hydrogen) atoms. The van der Waals surface area contributed by atoms with Crippen LogP contribution in [-0.4, -0.2) is 15.6 Å². The average Bonchev–Trinajstić information content (AvgIpc) is 3.20. The first-order valence-electron chi connectivity index (χ1n) is 7.82. The highest BCUT2D eigenvalue weighted by Gasteiger charge is 2.29. The van der Waals surface area contributed by atoms with Gasteiger partial charge in [0.05, 0.1) is 17.7 Å². The number of nitrogens with one attached hydrogen (secondary N) is 2. The normalized spacial score (nSPS) is 21.7. The predicted molar refractivity (Wildman–Crippen MR) is 92.1 cm³/mol. The summed E-state index contributed by atoms with van der Waals surface area (Å²) in [6, 6.07) is 10.4. The van der Waals surface area contributed by atoms with Gasteiger partial charge in [-0.2, -0.15) is 5.10 Å². The molecule has 5 heteroatoms. The van der Waals surface area contributed by atoms with Gasteiger partial charge in [-0.05, 0) is 31.3 Å². The van der Waals surface area contributed by atoms with Crippen LogP contribution < -0.4 is 10.6 Å². The van der Waals surface area contributed by atoms with E-state index in [-0.39, 0.29) is 12.0 Å². The molecule has 2 aromatic rings. The maximum atomic E-state index is 4.72. The molecule has 5 nitrogen and oxygen atoms in total. The van der Waals surface area contributed by atoms with Gasteiger partial charge in [-0.1, -0.05) is 24.3 Å². The largest absolute Gasteiger partial charge is 0.381 e. The van der Waals surface area contributed by atoms with E-state index in [1.807, 2.05) is 35.3 Å². The molecule has 0 aliphatic carbocycles. The number of para-hydroxylation sites is 1. The number of aliphatic imine (C=N–C) groups is 1. The number of benzene rings is 1. The lowest BCUT2D eigenvalue weighted by atomic mass is 9.98. The lowest BCUT2D eigenvalue weighted by Crippen LogP contribution is -2.29. The Morgan fingerprint density at radius 3 is 2.96 bits per heavy atom. The zero-order valence-corrected chi connectivity index (χ0v) is 13.0. The Balaban J connectivity index is 1.52. The first-order chi connectivity index (χ1) is 11.3. The van der Waals surface area contributed by atoms with E-state index < -0.39 is 0 Å². The van der Waals surface area contributed by atoms with Crippen LogP contribution in [0.25, 0.3) is 0 Å². The van der Waals surface area contributed by atoms with Crippen molar-refractivity contribution in [3.63, 3.8) is 0 Å².